The van der Waals surface area contributed by atoms with Crippen molar-refractivity contribution in [2.75, 3.05) is 0 Å². The maximum absolute atomic E-state index is 12.5. The third kappa shape index (κ3) is 3.13. The first kappa shape index (κ1) is 14.6. The number of rotatable bonds is 2. The van der Waals surface area contributed by atoms with Crippen molar-refractivity contribution in [1.29, 1.82) is 5.26 Å². The molecule has 0 unspecified atom stereocenters. The lowest BCUT2D eigenvalue weighted by atomic mass is 9.85. The van der Waals surface area contributed by atoms with Crippen LogP contribution in [0.4, 0.5) is 0 Å². The second-order valence-corrected chi connectivity index (χ2v) is 7.47. The van der Waals surface area contributed by atoms with E-state index < -0.39 is 5.54 Å². The van der Waals surface area contributed by atoms with Crippen LogP contribution in [0.25, 0.3) is 0 Å². The van der Waals surface area contributed by atoms with E-state index in [0.29, 0.717) is 0 Å². The molecule has 112 valence electrons. The lowest BCUT2D eigenvalue weighted by Gasteiger charge is -2.29. The second-order valence-electron chi connectivity index (χ2n) is 6.33. The van der Waals surface area contributed by atoms with Gasteiger partial charge in [0.1, 0.15) is 5.54 Å². The normalized spacial score (nSPS) is 20.9. The molecule has 1 N–H and O–H groups in total. The number of hydrogen-bond acceptors (Lipinski definition) is 3. The summed E-state index contributed by atoms with van der Waals surface area (Å²) >= 11 is 1.62. The monoisotopic (exact) mass is 302 g/mol. The SMILES string of the molecule is N#CC1(NC(=O)c2cc3c(s2)CCC3)CCCCCCC1. The number of carbonyl (C=O) groups is 1. The molecule has 2 aliphatic rings. The van der Waals surface area contributed by atoms with Gasteiger partial charge in [-0.05, 0) is 43.7 Å². The Labute approximate surface area is 130 Å². The van der Waals surface area contributed by atoms with Crippen molar-refractivity contribution in [1.82, 2.24) is 5.32 Å². The Morgan fingerprint density at radius 2 is 1.86 bits per heavy atom. The third-order valence-corrected chi connectivity index (χ3v) is 5.98. The summed E-state index contributed by atoms with van der Waals surface area (Å²) in [6.45, 7) is 0. The van der Waals surface area contributed by atoms with Crippen LogP contribution in [0, 0.1) is 11.3 Å². The first-order chi connectivity index (χ1) is 10.2. The van der Waals surface area contributed by atoms with Crippen LogP contribution in [0.1, 0.15) is 71.5 Å². The van der Waals surface area contributed by atoms with Crippen LogP contribution >= 0.6 is 11.3 Å². The van der Waals surface area contributed by atoms with Crippen molar-refractivity contribution in [3.63, 3.8) is 0 Å². The Morgan fingerprint density at radius 1 is 1.14 bits per heavy atom. The third-order valence-electron chi connectivity index (χ3n) is 4.74. The molecule has 1 fully saturated rings. The summed E-state index contributed by atoms with van der Waals surface area (Å²) in [6, 6.07) is 4.45. The number of nitrogens with one attached hydrogen (secondary N) is 1. The maximum Gasteiger partial charge on any atom is 0.262 e. The number of fused-ring (bicyclic) bond motifs is 1. The maximum atomic E-state index is 12.5. The zero-order valence-corrected chi connectivity index (χ0v) is 13.2. The molecule has 4 heteroatoms. The van der Waals surface area contributed by atoms with Crippen molar-refractivity contribution in [3.05, 3.63) is 21.4 Å². The van der Waals surface area contributed by atoms with E-state index in [0.717, 1.165) is 43.4 Å². The van der Waals surface area contributed by atoms with Crippen molar-refractivity contribution >= 4 is 17.2 Å². The van der Waals surface area contributed by atoms with Gasteiger partial charge in [0.05, 0.1) is 10.9 Å². The molecule has 2 aliphatic carbocycles. The van der Waals surface area contributed by atoms with Gasteiger partial charge in [0.25, 0.3) is 5.91 Å². The Balaban J connectivity index is 1.72. The highest BCUT2D eigenvalue weighted by molar-refractivity contribution is 7.14. The number of thiophene rings is 1. The predicted octanol–water partition coefficient (Wildman–Crippen LogP) is 3.97. The van der Waals surface area contributed by atoms with Crippen LogP contribution in [0.15, 0.2) is 6.07 Å². The highest BCUT2D eigenvalue weighted by atomic mass is 32.1. The number of amides is 1. The van der Waals surface area contributed by atoms with E-state index in [2.05, 4.69) is 11.4 Å². The topological polar surface area (TPSA) is 52.9 Å². The summed E-state index contributed by atoms with van der Waals surface area (Å²) in [5.41, 5.74) is 0.695. The van der Waals surface area contributed by atoms with Gasteiger partial charge in [0, 0.05) is 4.88 Å². The summed E-state index contributed by atoms with van der Waals surface area (Å²) in [5, 5.41) is 12.7. The Morgan fingerprint density at radius 3 is 2.52 bits per heavy atom. The van der Waals surface area contributed by atoms with Gasteiger partial charge in [-0.1, -0.05) is 32.1 Å². The molecule has 21 heavy (non-hydrogen) atoms. The molecule has 1 aromatic rings. The fourth-order valence-corrected chi connectivity index (χ4v) is 4.64. The zero-order chi connectivity index (χ0) is 14.7. The lowest BCUT2D eigenvalue weighted by Crippen LogP contribution is -2.47. The summed E-state index contributed by atoms with van der Waals surface area (Å²) in [4.78, 5) is 14.7. The van der Waals surface area contributed by atoms with Crippen molar-refractivity contribution in [2.24, 2.45) is 0 Å². The fourth-order valence-electron chi connectivity index (χ4n) is 3.49. The summed E-state index contributed by atoms with van der Waals surface area (Å²) in [5.74, 6) is -0.0449. The number of hydrogen-bond donors (Lipinski definition) is 1. The van der Waals surface area contributed by atoms with Crippen LogP contribution in [0.3, 0.4) is 0 Å². The van der Waals surface area contributed by atoms with E-state index in [1.807, 2.05) is 6.07 Å². The largest absolute Gasteiger partial charge is 0.333 e. The van der Waals surface area contributed by atoms with Crippen molar-refractivity contribution in [2.45, 2.75) is 69.7 Å². The standard InChI is InChI=1S/C17H22N2OS/c18-12-17(9-4-2-1-3-5-10-17)19-16(20)15-11-13-7-6-8-14(13)21-15/h11H,1-10H2,(H,19,20). The Hall–Kier alpha value is -1.34. The predicted molar refractivity (Wildman–Crippen MR) is 84.5 cm³/mol. The molecular weight excluding hydrogens is 280 g/mol. The first-order valence-corrected chi connectivity index (χ1v) is 8.89. The quantitative estimate of drug-likeness (QED) is 0.898. The molecule has 0 saturated heterocycles. The van der Waals surface area contributed by atoms with E-state index in [4.69, 9.17) is 0 Å². The summed E-state index contributed by atoms with van der Waals surface area (Å²) < 4.78 is 0. The summed E-state index contributed by atoms with van der Waals surface area (Å²) in [6.07, 6.45) is 10.7. The van der Waals surface area contributed by atoms with Crippen LogP contribution in [-0.4, -0.2) is 11.4 Å². The van der Waals surface area contributed by atoms with Gasteiger partial charge in [-0.25, -0.2) is 0 Å². The van der Waals surface area contributed by atoms with Crippen LogP contribution in [0.5, 0.6) is 0 Å². The molecule has 0 spiro atoms. The van der Waals surface area contributed by atoms with E-state index in [9.17, 15) is 10.1 Å². The average molecular weight is 302 g/mol. The second kappa shape index (κ2) is 6.19. The van der Waals surface area contributed by atoms with E-state index in [1.54, 1.807) is 11.3 Å². The number of aryl methyl sites for hydroxylation is 2. The van der Waals surface area contributed by atoms with E-state index in [-0.39, 0.29) is 5.91 Å². The molecule has 0 radical (unpaired) electrons. The van der Waals surface area contributed by atoms with Crippen molar-refractivity contribution in [3.8, 4) is 6.07 Å². The number of carbonyl (C=O) groups excluding carboxylic acids is 1. The van der Waals surface area contributed by atoms with E-state index in [1.165, 1.54) is 36.1 Å². The molecule has 0 bridgehead atoms. The Bertz CT molecular complexity index is 540. The van der Waals surface area contributed by atoms with Gasteiger partial charge < -0.3 is 5.32 Å². The Kier molecular flexibility index (Phi) is 4.30. The molecule has 0 atom stereocenters. The minimum Gasteiger partial charge on any atom is -0.333 e. The van der Waals surface area contributed by atoms with Gasteiger partial charge in [0.15, 0.2) is 0 Å². The molecule has 0 aliphatic heterocycles. The van der Waals surface area contributed by atoms with Gasteiger partial charge in [-0.2, -0.15) is 5.26 Å². The number of nitrogens with zero attached hydrogens (tertiary/aromatic N) is 1. The van der Waals surface area contributed by atoms with E-state index >= 15 is 0 Å². The molecular formula is C17H22N2OS. The lowest BCUT2D eigenvalue weighted by molar-refractivity contribution is 0.0912. The number of nitriles is 1. The molecule has 1 saturated carbocycles. The molecule has 0 aromatic carbocycles. The van der Waals surface area contributed by atoms with Crippen LogP contribution in [-0.2, 0) is 12.8 Å². The van der Waals surface area contributed by atoms with Crippen LogP contribution < -0.4 is 5.32 Å². The van der Waals surface area contributed by atoms with Gasteiger partial charge in [-0.15, -0.1) is 11.3 Å². The molecule has 3 rings (SSSR count). The molecule has 1 amide bonds. The molecule has 1 aromatic heterocycles. The van der Waals surface area contributed by atoms with Gasteiger partial charge >= 0.3 is 0 Å². The van der Waals surface area contributed by atoms with Gasteiger partial charge in [-0.3, -0.25) is 4.79 Å². The minimum absolute atomic E-state index is 0.0449. The van der Waals surface area contributed by atoms with Crippen LogP contribution in [0.2, 0.25) is 0 Å². The average Bonchev–Trinajstić information content (AvgIpc) is 3.03. The highest BCUT2D eigenvalue weighted by Crippen LogP contribution is 2.32. The fraction of sp³-hybridized carbons (Fsp3) is 0.647. The minimum atomic E-state index is -0.647. The first-order valence-electron chi connectivity index (χ1n) is 8.08. The zero-order valence-electron chi connectivity index (χ0n) is 12.4. The molecule has 3 nitrogen and oxygen atoms in total. The molecule has 1 heterocycles. The summed E-state index contributed by atoms with van der Waals surface area (Å²) in [7, 11) is 0. The van der Waals surface area contributed by atoms with Gasteiger partial charge in [0.2, 0.25) is 0 Å². The smallest absolute Gasteiger partial charge is 0.262 e. The van der Waals surface area contributed by atoms with Crippen molar-refractivity contribution < 1.29 is 4.79 Å². The highest BCUT2D eigenvalue weighted by Gasteiger charge is 2.33.